The van der Waals surface area contributed by atoms with Gasteiger partial charge in [-0.05, 0) is 30.3 Å². The molecule has 2 aromatic carbocycles. The summed E-state index contributed by atoms with van der Waals surface area (Å²) in [5.74, 6) is 0.332. The molecule has 26 heavy (non-hydrogen) atoms. The lowest BCUT2D eigenvalue weighted by Crippen LogP contribution is -2.46. The zero-order chi connectivity index (χ0) is 17.9. The van der Waals surface area contributed by atoms with Crippen molar-refractivity contribution in [3.8, 4) is 11.5 Å². The SMILES string of the molecule is Fc1cccc(-c2nc(CN3CCN(c4ccccc4F)CC3)no2)c1. The molecule has 0 bridgehead atoms. The van der Waals surface area contributed by atoms with Crippen molar-refractivity contribution in [1.29, 1.82) is 0 Å². The van der Waals surface area contributed by atoms with Gasteiger partial charge in [0, 0.05) is 31.7 Å². The minimum Gasteiger partial charge on any atom is -0.367 e. The van der Waals surface area contributed by atoms with Crippen molar-refractivity contribution >= 4 is 5.69 Å². The number of nitrogens with zero attached hydrogens (tertiary/aromatic N) is 4. The fraction of sp³-hybridized carbons (Fsp3) is 0.263. The molecule has 0 unspecified atom stereocenters. The maximum atomic E-state index is 13.9. The van der Waals surface area contributed by atoms with Crippen molar-refractivity contribution in [3.63, 3.8) is 0 Å². The maximum Gasteiger partial charge on any atom is 0.258 e. The van der Waals surface area contributed by atoms with Crippen molar-refractivity contribution < 1.29 is 13.3 Å². The van der Waals surface area contributed by atoms with Crippen LogP contribution in [0.15, 0.2) is 53.1 Å². The summed E-state index contributed by atoms with van der Waals surface area (Å²) in [7, 11) is 0. The first-order valence-corrected chi connectivity index (χ1v) is 8.49. The highest BCUT2D eigenvalue weighted by Gasteiger charge is 2.21. The molecule has 0 aliphatic carbocycles. The van der Waals surface area contributed by atoms with Gasteiger partial charge in [-0.2, -0.15) is 4.98 Å². The summed E-state index contributed by atoms with van der Waals surface area (Å²) in [6.07, 6.45) is 0. The molecule has 134 valence electrons. The molecule has 0 atom stereocenters. The van der Waals surface area contributed by atoms with Crippen LogP contribution in [-0.4, -0.2) is 41.2 Å². The summed E-state index contributed by atoms with van der Waals surface area (Å²) >= 11 is 0. The molecule has 1 aliphatic heterocycles. The van der Waals surface area contributed by atoms with Gasteiger partial charge < -0.3 is 9.42 Å². The standard InChI is InChI=1S/C19H18F2N4O/c20-15-5-3-4-14(12-15)19-22-18(23-26-19)13-24-8-10-25(11-9-24)17-7-2-1-6-16(17)21/h1-7,12H,8-11,13H2. The van der Waals surface area contributed by atoms with Crippen LogP contribution in [0.25, 0.3) is 11.5 Å². The zero-order valence-corrected chi connectivity index (χ0v) is 14.1. The molecule has 1 saturated heterocycles. The number of benzene rings is 2. The van der Waals surface area contributed by atoms with Crippen molar-refractivity contribution in [3.05, 3.63) is 66.0 Å². The van der Waals surface area contributed by atoms with Gasteiger partial charge in [-0.3, -0.25) is 4.90 Å². The van der Waals surface area contributed by atoms with Crippen LogP contribution in [0.4, 0.5) is 14.5 Å². The molecule has 1 fully saturated rings. The van der Waals surface area contributed by atoms with E-state index in [-0.39, 0.29) is 11.6 Å². The van der Waals surface area contributed by atoms with E-state index in [1.807, 2.05) is 11.0 Å². The summed E-state index contributed by atoms with van der Waals surface area (Å²) in [4.78, 5) is 8.58. The topological polar surface area (TPSA) is 45.4 Å². The van der Waals surface area contributed by atoms with Gasteiger partial charge in [0.15, 0.2) is 5.82 Å². The molecule has 1 aliphatic rings. The zero-order valence-electron chi connectivity index (χ0n) is 14.1. The number of piperazine rings is 1. The lowest BCUT2D eigenvalue weighted by Gasteiger charge is -2.35. The minimum atomic E-state index is -0.341. The number of rotatable bonds is 4. The van der Waals surface area contributed by atoms with Crippen molar-refractivity contribution in [2.75, 3.05) is 31.1 Å². The fourth-order valence-electron chi connectivity index (χ4n) is 3.11. The van der Waals surface area contributed by atoms with E-state index in [9.17, 15) is 8.78 Å². The molecule has 3 aromatic rings. The summed E-state index contributed by atoms with van der Waals surface area (Å²) < 4.78 is 32.4. The Hall–Kier alpha value is -2.80. The third-order valence-corrected chi connectivity index (χ3v) is 4.47. The number of anilines is 1. The van der Waals surface area contributed by atoms with Crippen LogP contribution < -0.4 is 4.90 Å². The van der Waals surface area contributed by atoms with Gasteiger partial charge in [0.05, 0.1) is 12.2 Å². The van der Waals surface area contributed by atoms with E-state index in [0.717, 1.165) is 26.2 Å². The Morgan fingerprint density at radius 3 is 2.54 bits per heavy atom. The van der Waals surface area contributed by atoms with Crippen LogP contribution in [0.2, 0.25) is 0 Å². The predicted octanol–water partition coefficient (Wildman–Crippen LogP) is 3.34. The van der Waals surface area contributed by atoms with Crippen LogP contribution in [0.5, 0.6) is 0 Å². The third kappa shape index (κ3) is 3.57. The first-order valence-electron chi connectivity index (χ1n) is 8.49. The fourth-order valence-corrected chi connectivity index (χ4v) is 3.11. The molecule has 0 radical (unpaired) electrons. The number of halogens is 2. The molecule has 1 aromatic heterocycles. The molecule has 0 N–H and O–H groups in total. The average molecular weight is 356 g/mol. The second kappa shape index (κ2) is 7.21. The van der Waals surface area contributed by atoms with Crippen LogP contribution in [0, 0.1) is 11.6 Å². The smallest absolute Gasteiger partial charge is 0.258 e. The first kappa shape index (κ1) is 16.7. The summed E-state index contributed by atoms with van der Waals surface area (Å²) in [5.41, 5.74) is 1.20. The Labute approximate surface area is 149 Å². The number of hydrogen-bond acceptors (Lipinski definition) is 5. The van der Waals surface area contributed by atoms with E-state index in [2.05, 4.69) is 15.0 Å². The highest BCUT2D eigenvalue weighted by Crippen LogP contribution is 2.21. The van der Waals surface area contributed by atoms with E-state index >= 15 is 0 Å². The normalized spacial score (nSPS) is 15.4. The lowest BCUT2D eigenvalue weighted by molar-refractivity contribution is 0.239. The maximum absolute atomic E-state index is 13.9. The molecular weight excluding hydrogens is 338 g/mol. The van der Waals surface area contributed by atoms with Gasteiger partial charge in [-0.15, -0.1) is 0 Å². The van der Waals surface area contributed by atoms with E-state index in [4.69, 9.17) is 4.52 Å². The van der Waals surface area contributed by atoms with Crippen molar-refractivity contribution in [2.24, 2.45) is 0 Å². The molecule has 0 amide bonds. The molecule has 5 nitrogen and oxygen atoms in total. The predicted molar refractivity (Wildman–Crippen MR) is 93.6 cm³/mol. The summed E-state index contributed by atoms with van der Waals surface area (Å²) in [6.45, 7) is 3.56. The van der Waals surface area contributed by atoms with E-state index in [0.29, 0.717) is 29.5 Å². The van der Waals surface area contributed by atoms with Crippen LogP contribution >= 0.6 is 0 Å². The van der Waals surface area contributed by atoms with E-state index in [1.165, 1.54) is 18.2 Å². The Balaban J connectivity index is 1.37. The minimum absolute atomic E-state index is 0.196. The van der Waals surface area contributed by atoms with Crippen LogP contribution in [0.1, 0.15) is 5.82 Å². The Kier molecular flexibility index (Phi) is 4.62. The van der Waals surface area contributed by atoms with Gasteiger partial charge in [-0.1, -0.05) is 23.4 Å². The highest BCUT2D eigenvalue weighted by atomic mass is 19.1. The summed E-state index contributed by atoms with van der Waals surface area (Å²) in [5, 5.41) is 3.98. The van der Waals surface area contributed by atoms with Gasteiger partial charge in [0.2, 0.25) is 0 Å². The van der Waals surface area contributed by atoms with Gasteiger partial charge >= 0.3 is 0 Å². The summed E-state index contributed by atoms with van der Waals surface area (Å²) in [6, 6.07) is 12.9. The largest absolute Gasteiger partial charge is 0.367 e. The van der Waals surface area contributed by atoms with Gasteiger partial charge in [-0.25, -0.2) is 8.78 Å². The molecule has 4 rings (SSSR count). The second-order valence-electron chi connectivity index (χ2n) is 6.24. The Bertz CT molecular complexity index is 891. The number of para-hydroxylation sites is 1. The van der Waals surface area contributed by atoms with Crippen molar-refractivity contribution in [1.82, 2.24) is 15.0 Å². The Morgan fingerprint density at radius 2 is 1.77 bits per heavy atom. The van der Waals surface area contributed by atoms with Gasteiger partial charge in [0.25, 0.3) is 5.89 Å². The van der Waals surface area contributed by atoms with Crippen LogP contribution in [-0.2, 0) is 6.54 Å². The number of aromatic nitrogens is 2. The molecule has 0 spiro atoms. The third-order valence-electron chi connectivity index (χ3n) is 4.47. The number of hydrogen-bond donors (Lipinski definition) is 0. The monoisotopic (exact) mass is 356 g/mol. The quantitative estimate of drug-likeness (QED) is 0.717. The Morgan fingerprint density at radius 1 is 0.962 bits per heavy atom. The average Bonchev–Trinajstić information content (AvgIpc) is 3.12. The molecule has 2 heterocycles. The second-order valence-corrected chi connectivity index (χ2v) is 6.24. The first-order chi connectivity index (χ1) is 12.7. The van der Waals surface area contributed by atoms with Crippen LogP contribution in [0.3, 0.4) is 0 Å². The molecule has 7 heteroatoms. The molecular formula is C19H18F2N4O. The van der Waals surface area contributed by atoms with Gasteiger partial charge in [0.1, 0.15) is 11.6 Å². The van der Waals surface area contributed by atoms with E-state index < -0.39 is 0 Å². The highest BCUT2D eigenvalue weighted by molar-refractivity contribution is 5.52. The lowest BCUT2D eigenvalue weighted by atomic mass is 10.2. The van der Waals surface area contributed by atoms with E-state index in [1.54, 1.807) is 24.3 Å². The van der Waals surface area contributed by atoms with Crippen molar-refractivity contribution in [2.45, 2.75) is 6.54 Å². The molecule has 0 saturated carbocycles.